The van der Waals surface area contributed by atoms with Crippen molar-refractivity contribution in [2.45, 2.75) is 0 Å². The lowest BCUT2D eigenvalue weighted by molar-refractivity contribution is 0.102. The maximum atomic E-state index is 12.0. The Morgan fingerprint density at radius 3 is 2.74 bits per heavy atom. The summed E-state index contributed by atoms with van der Waals surface area (Å²) in [5.74, 6) is 2.29. The van der Waals surface area contributed by atoms with Gasteiger partial charge in [-0.2, -0.15) is 0 Å². The van der Waals surface area contributed by atoms with Crippen molar-refractivity contribution in [1.29, 1.82) is 0 Å². The second kappa shape index (κ2) is 5.59. The first-order chi connectivity index (χ1) is 9.10. The number of terminal acetylenes is 1. The number of rotatable bonds is 2. The van der Waals surface area contributed by atoms with Crippen molar-refractivity contribution in [3.05, 3.63) is 58.1 Å². The summed E-state index contributed by atoms with van der Waals surface area (Å²) >= 11 is 3.29. The number of amides is 1. The lowest BCUT2D eigenvalue weighted by Crippen LogP contribution is -2.12. The van der Waals surface area contributed by atoms with Gasteiger partial charge in [-0.25, -0.2) is 0 Å². The van der Waals surface area contributed by atoms with E-state index in [4.69, 9.17) is 12.2 Å². The van der Waals surface area contributed by atoms with Crippen molar-refractivity contribution in [3.8, 4) is 12.3 Å². The molecular formula is C15H11BrN2O. The second-order valence-corrected chi connectivity index (χ2v) is 4.77. The maximum absolute atomic E-state index is 12.0. The Morgan fingerprint density at radius 1 is 1.26 bits per heavy atom. The number of nitrogen functional groups attached to an aromatic ring is 1. The van der Waals surface area contributed by atoms with Gasteiger partial charge in [0, 0.05) is 27.0 Å². The Hall–Kier alpha value is -2.25. The highest BCUT2D eigenvalue weighted by Gasteiger charge is 2.07. The van der Waals surface area contributed by atoms with Gasteiger partial charge in [-0.05, 0) is 52.3 Å². The summed E-state index contributed by atoms with van der Waals surface area (Å²) in [5.41, 5.74) is 8.13. The van der Waals surface area contributed by atoms with Crippen LogP contribution in [0, 0.1) is 12.3 Å². The second-order valence-electron chi connectivity index (χ2n) is 3.92. The molecule has 0 bridgehead atoms. The van der Waals surface area contributed by atoms with E-state index in [-0.39, 0.29) is 5.91 Å². The first-order valence-corrected chi connectivity index (χ1v) is 6.32. The molecule has 0 aliphatic rings. The predicted octanol–water partition coefficient (Wildman–Crippen LogP) is 3.26. The third-order valence-electron chi connectivity index (χ3n) is 2.55. The smallest absolute Gasteiger partial charge is 0.255 e. The molecule has 0 aliphatic carbocycles. The van der Waals surface area contributed by atoms with E-state index in [0.29, 0.717) is 22.5 Å². The van der Waals surface area contributed by atoms with Crippen molar-refractivity contribution < 1.29 is 4.79 Å². The summed E-state index contributed by atoms with van der Waals surface area (Å²) in [6.45, 7) is 0. The number of nitrogens with one attached hydrogen (secondary N) is 1. The first kappa shape index (κ1) is 13.2. The zero-order valence-electron chi connectivity index (χ0n) is 9.98. The summed E-state index contributed by atoms with van der Waals surface area (Å²) < 4.78 is 0.762. The number of benzene rings is 2. The fraction of sp³-hybridized carbons (Fsp3) is 0. The summed E-state index contributed by atoms with van der Waals surface area (Å²) in [7, 11) is 0. The molecular weight excluding hydrogens is 304 g/mol. The molecule has 0 aliphatic heterocycles. The number of carbonyl (C=O) groups is 1. The molecule has 94 valence electrons. The summed E-state index contributed by atoms with van der Waals surface area (Å²) in [4.78, 5) is 12.0. The first-order valence-electron chi connectivity index (χ1n) is 5.53. The minimum absolute atomic E-state index is 0.228. The van der Waals surface area contributed by atoms with E-state index in [0.717, 1.165) is 4.47 Å². The number of hydrogen-bond donors (Lipinski definition) is 2. The van der Waals surface area contributed by atoms with E-state index in [1.807, 2.05) is 0 Å². The Labute approximate surface area is 120 Å². The molecule has 0 unspecified atom stereocenters. The standard InChI is InChI=1S/C15H11BrN2O/c1-2-10-4-3-5-12(8-10)18-15(19)11-6-7-13(16)14(17)9-11/h1,3-9H,17H2,(H,18,19). The summed E-state index contributed by atoms with van der Waals surface area (Å²) in [6, 6.07) is 12.2. The van der Waals surface area contributed by atoms with Crippen LogP contribution in [-0.4, -0.2) is 5.91 Å². The third-order valence-corrected chi connectivity index (χ3v) is 3.27. The lowest BCUT2D eigenvalue weighted by Gasteiger charge is -2.07. The highest BCUT2D eigenvalue weighted by molar-refractivity contribution is 9.10. The SMILES string of the molecule is C#Cc1cccc(NC(=O)c2ccc(Br)c(N)c2)c1. The number of nitrogens with two attached hydrogens (primary N) is 1. The topological polar surface area (TPSA) is 55.1 Å². The van der Waals surface area contributed by atoms with Crippen LogP contribution in [0.4, 0.5) is 11.4 Å². The maximum Gasteiger partial charge on any atom is 0.255 e. The third kappa shape index (κ3) is 3.15. The van der Waals surface area contributed by atoms with Crippen LogP contribution in [0.2, 0.25) is 0 Å². The van der Waals surface area contributed by atoms with Gasteiger partial charge in [0.1, 0.15) is 0 Å². The fourth-order valence-electron chi connectivity index (χ4n) is 1.57. The molecule has 0 atom stereocenters. The average Bonchev–Trinajstić information content (AvgIpc) is 2.42. The van der Waals surface area contributed by atoms with E-state index < -0.39 is 0 Å². The molecule has 3 N–H and O–H groups in total. The van der Waals surface area contributed by atoms with Gasteiger partial charge in [0.05, 0.1) is 0 Å². The van der Waals surface area contributed by atoms with Crippen LogP contribution in [0.5, 0.6) is 0 Å². The van der Waals surface area contributed by atoms with E-state index >= 15 is 0 Å². The molecule has 0 fully saturated rings. The molecule has 0 heterocycles. The van der Waals surface area contributed by atoms with Crippen LogP contribution in [0.25, 0.3) is 0 Å². The van der Waals surface area contributed by atoms with Gasteiger partial charge in [-0.3, -0.25) is 4.79 Å². The number of anilines is 2. The molecule has 2 aromatic rings. The zero-order valence-corrected chi connectivity index (χ0v) is 11.6. The van der Waals surface area contributed by atoms with Crippen molar-refractivity contribution in [3.63, 3.8) is 0 Å². The Balaban J connectivity index is 2.21. The molecule has 4 heteroatoms. The molecule has 0 saturated carbocycles. The van der Waals surface area contributed by atoms with Crippen molar-refractivity contribution >= 4 is 33.2 Å². The van der Waals surface area contributed by atoms with E-state index in [1.165, 1.54) is 0 Å². The van der Waals surface area contributed by atoms with Gasteiger partial charge in [0.2, 0.25) is 0 Å². The monoisotopic (exact) mass is 314 g/mol. The average molecular weight is 315 g/mol. The van der Waals surface area contributed by atoms with Gasteiger partial charge in [-0.15, -0.1) is 6.42 Å². The molecule has 0 aromatic heterocycles. The van der Waals surface area contributed by atoms with E-state index in [2.05, 4.69) is 27.2 Å². The largest absolute Gasteiger partial charge is 0.398 e. The molecule has 2 rings (SSSR count). The molecule has 19 heavy (non-hydrogen) atoms. The highest BCUT2D eigenvalue weighted by atomic mass is 79.9. The van der Waals surface area contributed by atoms with Crippen LogP contribution < -0.4 is 11.1 Å². The zero-order chi connectivity index (χ0) is 13.8. The molecule has 0 saturated heterocycles. The quantitative estimate of drug-likeness (QED) is 0.660. The number of hydrogen-bond acceptors (Lipinski definition) is 2. The number of carbonyl (C=O) groups excluding carboxylic acids is 1. The Morgan fingerprint density at radius 2 is 2.05 bits per heavy atom. The molecule has 0 radical (unpaired) electrons. The van der Waals surface area contributed by atoms with E-state index in [9.17, 15) is 4.79 Å². The minimum atomic E-state index is -0.228. The van der Waals surface area contributed by atoms with Gasteiger partial charge in [0.25, 0.3) is 5.91 Å². The predicted molar refractivity (Wildman–Crippen MR) is 80.9 cm³/mol. The molecule has 3 nitrogen and oxygen atoms in total. The highest BCUT2D eigenvalue weighted by Crippen LogP contribution is 2.21. The number of halogens is 1. The van der Waals surface area contributed by atoms with Crippen LogP contribution in [0.15, 0.2) is 46.9 Å². The molecule has 0 spiro atoms. The van der Waals surface area contributed by atoms with Crippen molar-refractivity contribution in [1.82, 2.24) is 0 Å². The lowest BCUT2D eigenvalue weighted by atomic mass is 10.1. The van der Waals surface area contributed by atoms with Crippen molar-refractivity contribution in [2.24, 2.45) is 0 Å². The van der Waals surface area contributed by atoms with Gasteiger partial charge in [0.15, 0.2) is 0 Å². The van der Waals surface area contributed by atoms with Gasteiger partial charge >= 0.3 is 0 Å². The Kier molecular flexibility index (Phi) is 3.88. The van der Waals surface area contributed by atoms with Crippen LogP contribution in [-0.2, 0) is 0 Å². The molecule has 1 amide bonds. The fourth-order valence-corrected chi connectivity index (χ4v) is 1.82. The van der Waals surface area contributed by atoms with Crippen LogP contribution in [0.1, 0.15) is 15.9 Å². The van der Waals surface area contributed by atoms with Gasteiger partial charge in [-0.1, -0.05) is 12.0 Å². The Bertz CT molecular complexity index is 674. The summed E-state index contributed by atoms with van der Waals surface area (Å²) in [5, 5.41) is 2.77. The minimum Gasteiger partial charge on any atom is -0.398 e. The van der Waals surface area contributed by atoms with Crippen LogP contribution in [0.3, 0.4) is 0 Å². The van der Waals surface area contributed by atoms with Crippen LogP contribution >= 0.6 is 15.9 Å². The van der Waals surface area contributed by atoms with E-state index in [1.54, 1.807) is 42.5 Å². The normalized spacial score (nSPS) is 9.68. The van der Waals surface area contributed by atoms with Gasteiger partial charge < -0.3 is 11.1 Å². The molecule has 2 aromatic carbocycles. The van der Waals surface area contributed by atoms with Crippen molar-refractivity contribution in [2.75, 3.05) is 11.1 Å². The summed E-state index contributed by atoms with van der Waals surface area (Å²) in [6.07, 6.45) is 5.31.